The molecule has 1 atom stereocenters. The molecule has 0 N–H and O–H groups in total. The average molecular weight is 561 g/mol. The van der Waals surface area contributed by atoms with Gasteiger partial charge in [0, 0.05) is 23.0 Å². The number of hydrogen-bond donors (Lipinski definition) is 0. The Morgan fingerprint density at radius 2 is 1.84 bits per heavy atom. The van der Waals surface area contributed by atoms with E-state index in [-0.39, 0.29) is 36.5 Å². The summed E-state index contributed by atoms with van der Waals surface area (Å²) in [5.74, 6) is 0.746. The van der Waals surface area contributed by atoms with Crippen LogP contribution in [0, 0.1) is 12.8 Å². The van der Waals surface area contributed by atoms with E-state index in [1.54, 1.807) is 64.8 Å². The zero-order valence-electron chi connectivity index (χ0n) is 21.4. The van der Waals surface area contributed by atoms with Gasteiger partial charge in [0.2, 0.25) is 15.9 Å². The fraction of sp³-hybridized carbons (Fsp3) is 0.393. The molecule has 0 bridgehead atoms. The molecule has 1 aliphatic heterocycles. The third-order valence-corrected chi connectivity index (χ3v) is 9.67. The normalized spacial score (nSPS) is 15.7. The maximum atomic E-state index is 13.7. The molecular weight excluding hydrogens is 528 g/mol. The predicted molar refractivity (Wildman–Crippen MR) is 149 cm³/mol. The molecule has 0 saturated heterocycles. The van der Waals surface area contributed by atoms with Gasteiger partial charge in [0.25, 0.3) is 0 Å². The summed E-state index contributed by atoms with van der Waals surface area (Å²) in [7, 11) is -3.83. The van der Waals surface area contributed by atoms with Crippen LogP contribution in [-0.2, 0) is 21.2 Å². The number of nitrogens with zero attached hydrogens (tertiary/aromatic N) is 2. The van der Waals surface area contributed by atoms with Crippen LogP contribution in [0.5, 0.6) is 5.75 Å². The third-order valence-electron chi connectivity index (χ3n) is 6.56. The van der Waals surface area contributed by atoms with E-state index in [0.717, 1.165) is 17.5 Å². The fourth-order valence-electron chi connectivity index (χ4n) is 4.37. The Labute approximate surface area is 228 Å². The lowest BCUT2D eigenvalue weighted by molar-refractivity contribution is -0.135. The number of aryl methyl sites for hydroxylation is 1. The molecule has 0 spiro atoms. The van der Waals surface area contributed by atoms with Crippen molar-refractivity contribution in [1.29, 1.82) is 0 Å². The van der Waals surface area contributed by atoms with Crippen LogP contribution in [0.2, 0.25) is 5.02 Å². The maximum absolute atomic E-state index is 13.7. The van der Waals surface area contributed by atoms with Crippen molar-refractivity contribution in [2.24, 2.45) is 5.92 Å². The van der Waals surface area contributed by atoms with Crippen molar-refractivity contribution < 1.29 is 17.9 Å². The molecule has 0 aliphatic carbocycles. The van der Waals surface area contributed by atoms with Gasteiger partial charge in [-0.15, -0.1) is 11.3 Å². The van der Waals surface area contributed by atoms with Crippen LogP contribution in [0.25, 0.3) is 0 Å². The van der Waals surface area contributed by atoms with Gasteiger partial charge in [-0.1, -0.05) is 43.1 Å². The lowest BCUT2D eigenvalue weighted by atomic mass is 10.0. The smallest absolute Gasteiger partial charge is 0.243 e. The number of carbonyl (C=O) groups is 1. The third kappa shape index (κ3) is 6.74. The molecule has 4 rings (SSSR count). The van der Waals surface area contributed by atoms with Crippen LogP contribution < -0.4 is 4.74 Å². The summed E-state index contributed by atoms with van der Waals surface area (Å²) >= 11 is 7.68. The van der Waals surface area contributed by atoms with E-state index in [0.29, 0.717) is 29.7 Å². The summed E-state index contributed by atoms with van der Waals surface area (Å²) in [6.07, 6.45) is 1.41. The van der Waals surface area contributed by atoms with Gasteiger partial charge in [-0.2, -0.15) is 4.31 Å². The van der Waals surface area contributed by atoms with Crippen molar-refractivity contribution >= 4 is 38.9 Å². The molecule has 1 amide bonds. The monoisotopic (exact) mass is 560 g/mol. The molecule has 1 aromatic heterocycles. The number of hydrogen-bond acceptors (Lipinski definition) is 5. The number of benzene rings is 2. The largest absolute Gasteiger partial charge is 0.491 e. The van der Waals surface area contributed by atoms with Crippen molar-refractivity contribution in [3.63, 3.8) is 0 Å². The second-order valence-electron chi connectivity index (χ2n) is 9.75. The zero-order chi connectivity index (χ0) is 26.6. The molecule has 0 radical (unpaired) electrons. The molecule has 0 unspecified atom stereocenters. The SMILES string of the molecule is Cc1ccc(S(=O)(=O)N(CCC(C)C)CC(=O)N2CCc3sccc3[C@@H]2COc2ccc(Cl)cc2)cc1. The molecule has 6 nitrogen and oxygen atoms in total. The minimum absolute atomic E-state index is 0.205. The van der Waals surface area contributed by atoms with Gasteiger partial charge in [0.1, 0.15) is 12.4 Å². The van der Waals surface area contributed by atoms with Crippen LogP contribution >= 0.6 is 22.9 Å². The van der Waals surface area contributed by atoms with E-state index in [2.05, 4.69) is 0 Å². The first-order valence-corrected chi connectivity index (χ1v) is 15.2. The fourth-order valence-corrected chi connectivity index (χ4v) is 6.83. The maximum Gasteiger partial charge on any atom is 0.243 e. The van der Waals surface area contributed by atoms with E-state index in [4.69, 9.17) is 16.3 Å². The molecule has 2 heterocycles. The highest BCUT2D eigenvalue weighted by Gasteiger charge is 2.35. The molecule has 3 aromatic rings. The molecule has 9 heteroatoms. The average Bonchev–Trinajstić information content (AvgIpc) is 3.35. The van der Waals surface area contributed by atoms with Gasteiger partial charge in [0.15, 0.2) is 0 Å². The van der Waals surface area contributed by atoms with Crippen LogP contribution in [0.15, 0.2) is 64.9 Å². The van der Waals surface area contributed by atoms with Crippen molar-refractivity contribution in [3.05, 3.63) is 81.0 Å². The van der Waals surface area contributed by atoms with Crippen molar-refractivity contribution in [2.45, 2.75) is 44.6 Å². The highest BCUT2D eigenvalue weighted by atomic mass is 35.5. The van der Waals surface area contributed by atoms with Crippen LogP contribution in [0.3, 0.4) is 0 Å². The standard InChI is InChI=1S/C28H33ClN2O4S2/c1-20(2)12-15-30(37(33,34)24-10-4-21(3)5-11-24)18-28(32)31-16-13-27-25(14-17-36-27)26(31)19-35-23-8-6-22(29)7-9-23/h4-11,14,17,20,26H,12-13,15-16,18-19H2,1-3H3/t26-/m0/s1. The Balaban J connectivity index is 1.56. The second kappa shape index (κ2) is 12.0. The first-order valence-electron chi connectivity index (χ1n) is 12.5. The van der Waals surface area contributed by atoms with Gasteiger partial charge >= 0.3 is 0 Å². The number of halogens is 1. The molecule has 198 valence electrons. The topological polar surface area (TPSA) is 66.9 Å². The summed E-state index contributed by atoms with van der Waals surface area (Å²) < 4.78 is 34.5. The Morgan fingerprint density at radius 3 is 2.51 bits per heavy atom. The summed E-state index contributed by atoms with van der Waals surface area (Å²) in [5, 5.41) is 2.66. The van der Waals surface area contributed by atoms with Crippen molar-refractivity contribution in [3.8, 4) is 5.75 Å². The first-order chi connectivity index (χ1) is 17.6. The summed E-state index contributed by atoms with van der Waals surface area (Å²) in [5.41, 5.74) is 2.04. The summed E-state index contributed by atoms with van der Waals surface area (Å²) in [6.45, 7) is 6.87. The van der Waals surface area contributed by atoms with Crippen LogP contribution in [0.4, 0.5) is 0 Å². The van der Waals surface area contributed by atoms with E-state index < -0.39 is 10.0 Å². The Bertz CT molecular complexity index is 1300. The molecule has 0 saturated carbocycles. The number of ether oxygens (including phenoxy) is 1. The first kappa shape index (κ1) is 27.6. The van der Waals surface area contributed by atoms with Gasteiger partial charge in [0.05, 0.1) is 17.5 Å². The molecular formula is C28H33ClN2O4S2. The Hall–Kier alpha value is -2.39. The number of fused-ring (bicyclic) bond motifs is 1. The quantitative estimate of drug-likeness (QED) is 0.307. The number of carbonyl (C=O) groups excluding carboxylic acids is 1. The van der Waals surface area contributed by atoms with E-state index in [1.807, 2.05) is 32.2 Å². The highest BCUT2D eigenvalue weighted by Crippen LogP contribution is 2.34. The molecule has 1 aliphatic rings. The minimum Gasteiger partial charge on any atom is -0.491 e. The zero-order valence-corrected chi connectivity index (χ0v) is 23.8. The molecule has 0 fully saturated rings. The van der Waals surface area contributed by atoms with Gasteiger partial charge in [-0.3, -0.25) is 4.79 Å². The number of amides is 1. The minimum atomic E-state index is -3.83. The molecule has 37 heavy (non-hydrogen) atoms. The number of sulfonamides is 1. The van der Waals surface area contributed by atoms with Gasteiger partial charge in [-0.25, -0.2) is 8.42 Å². The van der Waals surface area contributed by atoms with E-state index >= 15 is 0 Å². The number of rotatable bonds is 10. The highest BCUT2D eigenvalue weighted by molar-refractivity contribution is 7.89. The molecule has 2 aromatic carbocycles. The number of thiophene rings is 1. The lowest BCUT2D eigenvalue weighted by Crippen LogP contribution is -2.48. The van der Waals surface area contributed by atoms with E-state index in [1.165, 1.54) is 9.18 Å². The Kier molecular flexibility index (Phi) is 8.95. The van der Waals surface area contributed by atoms with Crippen LogP contribution in [0.1, 0.15) is 42.3 Å². The van der Waals surface area contributed by atoms with Gasteiger partial charge in [-0.05, 0) is 79.1 Å². The van der Waals surface area contributed by atoms with Gasteiger partial charge < -0.3 is 9.64 Å². The predicted octanol–water partition coefficient (Wildman–Crippen LogP) is 5.95. The second-order valence-corrected chi connectivity index (χ2v) is 13.1. The summed E-state index contributed by atoms with van der Waals surface area (Å²) in [6, 6.07) is 15.6. The lowest BCUT2D eigenvalue weighted by Gasteiger charge is -2.37. The van der Waals surface area contributed by atoms with Crippen molar-refractivity contribution in [1.82, 2.24) is 9.21 Å². The van der Waals surface area contributed by atoms with Crippen molar-refractivity contribution in [2.75, 3.05) is 26.2 Å². The Morgan fingerprint density at radius 1 is 1.14 bits per heavy atom. The summed E-state index contributed by atoms with van der Waals surface area (Å²) in [4.78, 5) is 16.9. The van der Waals surface area contributed by atoms with Crippen LogP contribution in [-0.4, -0.2) is 49.8 Å². The van der Waals surface area contributed by atoms with E-state index in [9.17, 15) is 13.2 Å².